The van der Waals surface area contributed by atoms with Crippen molar-refractivity contribution in [1.82, 2.24) is 0 Å². The Morgan fingerprint density at radius 3 is 0.882 bits per heavy atom. The molecule has 0 aliphatic heterocycles. The molecular formula is C3HF9O4Si. The molecule has 14 heteroatoms. The molecule has 0 aliphatic carbocycles. The first-order valence-corrected chi connectivity index (χ1v) is 4.82. The van der Waals surface area contributed by atoms with Crippen LogP contribution in [0, 0.1) is 0 Å². The van der Waals surface area contributed by atoms with Gasteiger partial charge >= 0.3 is 28.1 Å². The van der Waals surface area contributed by atoms with E-state index in [2.05, 4.69) is 13.3 Å². The molecule has 1 N–H and O–H groups in total. The zero-order chi connectivity index (χ0) is 14.1. The zero-order valence-corrected chi connectivity index (χ0v) is 8.07. The second-order valence-corrected chi connectivity index (χ2v) is 3.83. The van der Waals surface area contributed by atoms with E-state index in [-0.39, 0.29) is 0 Å². The van der Waals surface area contributed by atoms with Gasteiger partial charge in [0.1, 0.15) is 0 Å². The van der Waals surface area contributed by atoms with Crippen LogP contribution in [0.3, 0.4) is 0 Å². The van der Waals surface area contributed by atoms with Gasteiger partial charge in [0.15, 0.2) is 0 Å². The lowest BCUT2D eigenvalue weighted by Gasteiger charge is -2.25. The van der Waals surface area contributed by atoms with Crippen molar-refractivity contribution in [3.8, 4) is 0 Å². The molecule has 104 valence electrons. The fraction of sp³-hybridized carbons (Fsp3) is 1.00. The molecule has 0 bridgehead atoms. The topological polar surface area (TPSA) is 47.9 Å². The molecule has 4 nitrogen and oxygen atoms in total. The molecule has 0 heterocycles. The van der Waals surface area contributed by atoms with Crippen molar-refractivity contribution in [2.24, 2.45) is 0 Å². The van der Waals surface area contributed by atoms with Crippen molar-refractivity contribution in [3.05, 3.63) is 0 Å². The Bertz CT molecular complexity index is 214. The van der Waals surface area contributed by atoms with Gasteiger partial charge in [0, 0.05) is 0 Å². The van der Waals surface area contributed by atoms with E-state index in [1.165, 1.54) is 0 Å². The molecular weight excluding hydrogens is 299 g/mol. The highest BCUT2D eigenvalue weighted by Gasteiger charge is 2.63. The van der Waals surface area contributed by atoms with Gasteiger partial charge in [-0.05, 0) is 0 Å². The van der Waals surface area contributed by atoms with Crippen LogP contribution in [-0.2, 0) is 13.3 Å². The van der Waals surface area contributed by atoms with Crippen LogP contribution >= 0.6 is 0 Å². The van der Waals surface area contributed by atoms with E-state index in [1.54, 1.807) is 0 Å². The van der Waals surface area contributed by atoms with Crippen molar-refractivity contribution >= 4 is 9.05 Å². The maximum atomic E-state index is 11.5. The van der Waals surface area contributed by atoms with Crippen LogP contribution in [-0.4, -0.2) is 32.9 Å². The lowest BCUT2D eigenvalue weighted by atomic mass is 11.4. The fourth-order valence-electron chi connectivity index (χ4n) is 0.501. The average molecular weight is 300 g/mol. The maximum Gasteiger partial charge on any atom is 0.696 e. The molecule has 0 unspecified atom stereocenters. The number of hydrogen-bond acceptors (Lipinski definition) is 4. The van der Waals surface area contributed by atoms with Crippen LogP contribution in [0.4, 0.5) is 39.5 Å². The summed E-state index contributed by atoms with van der Waals surface area (Å²) in [7, 11) is -7.03. The predicted octanol–water partition coefficient (Wildman–Crippen LogP) is 2.02. The molecule has 0 fully saturated rings. The second kappa shape index (κ2) is 4.60. The standard InChI is InChI=1S/C3HF9O4Si/c4-1(5,6)14-17(13,15-2(7,8)9)16-3(10,11)12/h13H. The van der Waals surface area contributed by atoms with Crippen LogP contribution in [0.1, 0.15) is 0 Å². The van der Waals surface area contributed by atoms with Crippen molar-refractivity contribution in [2.75, 3.05) is 0 Å². The van der Waals surface area contributed by atoms with E-state index in [0.717, 1.165) is 0 Å². The van der Waals surface area contributed by atoms with Crippen LogP contribution in [0.25, 0.3) is 0 Å². The molecule has 0 amide bonds. The van der Waals surface area contributed by atoms with Gasteiger partial charge in [-0.3, -0.25) is 13.3 Å². The van der Waals surface area contributed by atoms with E-state index in [0.29, 0.717) is 0 Å². The first kappa shape index (κ1) is 16.4. The first-order valence-electron chi connectivity index (χ1n) is 3.15. The summed E-state index contributed by atoms with van der Waals surface area (Å²) >= 11 is 0. The van der Waals surface area contributed by atoms with Gasteiger partial charge in [0.2, 0.25) is 0 Å². The summed E-state index contributed by atoms with van der Waals surface area (Å²) in [6.45, 7) is 0. The zero-order valence-electron chi connectivity index (χ0n) is 7.07. The number of rotatable bonds is 3. The van der Waals surface area contributed by atoms with Gasteiger partial charge in [0.25, 0.3) is 0 Å². The van der Waals surface area contributed by atoms with Crippen molar-refractivity contribution in [1.29, 1.82) is 0 Å². The predicted molar refractivity (Wildman–Crippen MR) is 29.4 cm³/mol. The molecule has 0 spiro atoms. The van der Waals surface area contributed by atoms with Gasteiger partial charge < -0.3 is 4.80 Å². The third-order valence-corrected chi connectivity index (χ3v) is 2.20. The highest BCUT2D eigenvalue weighted by molar-refractivity contribution is 6.52. The Balaban J connectivity index is 4.95. The lowest BCUT2D eigenvalue weighted by molar-refractivity contribution is -0.380. The van der Waals surface area contributed by atoms with Crippen LogP contribution in [0.15, 0.2) is 0 Å². The van der Waals surface area contributed by atoms with Crippen LogP contribution < -0.4 is 0 Å². The van der Waals surface area contributed by atoms with Crippen LogP contribution in [0.2, 0.25) is 0 Å². The summed E-state index contributed by atoms with van der Waals surface area (Å²) in [6.07, 6.45) is -18.0. The summed E-state index contributed by atoms with van der Waals surface area (Å²) < 4.78 is 110. The Morgan fingerprint density at radius 2 is 0.765 bits per heavy atom. The van der Waals surface area contributed by atoms with Gasteiger partial charge in [-0.1, -0.05) is 0 Å². The first-order chi connectivity index (χ1) is 7.12. The number of halogens is 9. The lowest BCUT2D eigenvalue weighted by Crippen LogP contribution is -2.55. The van der Waals surface area contributed by atoms with Crippen molar-refractivity contribution in [3.63, 3.8) is 0 Å². The van der Waals surface area contributed by atoms with Gasteiger partial charge in [0.05, 0.1) is 0 Å². The smallest absolute Gasteiger partial charge is 0.367 e. The summed E-state index contributed by atoms with van der Waals surface area (Å²) in [5, 5.41) is 0. The average Bonchev–Trinajstić information content (AvgIpc) is 1.65. The molecule has 0 aromatic carbocycles. The van der Waals surface area contributed by atoms with Gasteiger partial charge in [-0.15, -0.1) is 39.5 Å². The minimum atomic E-state index is -7.03. The SMILES string of the molecule is O[Si](OC(F)(F)F)(OC(F)(F)F)OC(F)(F)F. The minimum Gasteiger partial charge on any atom is -0.367 e. The van der Waals surface area contributed by atoms with Crippen molar-refractivity contribution < 1.29 is 57.6 Å². The molecule has 0 rings (SSSR count). The van der Waals surface area contributed by atoms with Crippen molar-refractivity contribution in [2.45, 2.75) is 19.1 Å². The summed E-state index contributed by atoms with van der Waals surface area (Å²) in [6, 6.07) is 0. The molecule has 0 atom stereocenters. The minimum absolute atomic E-state index is 2.19. The van der Waals surface area contributed by atoms with E-state index >= 15 is 0 Å². The second-order valence-electron chi connectivity index (χ2n) is 2.17. The van der Waals surface area contributed by atoms with E-state index in [1.807, 2.05) is 0 Å². The highest BCUT2D eigenvalue weighted by Crippen LogP contribution is 2.32. The molecule has 0 aromatic heterocycles. The molecule has 0 radical (unpaired) electrons. The Hall–Kier alpha value is -0.573. The third kappa shape index (κ3) is 9.16. The quantitative estimate of drug-likeness (QED) is 0.640. The third-order valence-electron chi connectivity index (χ3n) is 0.734. The largest absolute Gasteiger partial charge is 0.696 e. The summed E-state index contributed by atoms with van der Waals surface area (Å²) in [4.78, 5) is 8.33. The molecule has 0 saturated carbocycles. The highest BCUT2D eigenvalue weighted by atomic mass is 28.4. The van der Waals surface area contributed by atoms with E-state index < -0.39 is 28.1 Å². The summed E-state index contributed by atoms with van der Waals surface area (Å²) in [5.74, 6) is 0. The van der Waals surface area contributed by atoms with E-state index in [9.17, 15) is 39.5 Å². The Kier molecular flexibility index (Phi) is 4.44. The number of hydrogen-bond donors (Lipinski definition) is 1. The molecule has 0 aromatic rings. The Morgan fingerprint density at radius 1 is 0.588 bits per heavy atom. The normalized spacial score (nSPS) is 15.2. The Labute approximate surface area is 87.0 Å². The molecule has 0 saturated heterocycles. The van der Waals surface area contributed by atoms with Gasteiger partial charge in [-0.25, -0.2) is 0 Å². The molecule has 0 aliphatic rings. The monoisotopic (exact) mass is 300 g/mol. The molecule has 17 heavy (non-hydrogen) atoms. The summed E-state index contributed by atoms with van der Waals surface area (Å²) in [5.41, 5.74) is 0. The maximum absolute atomic E-state index is 11.5. The van der Waals surface area contributed by atoms with E-state index in [4.69, 9.17) is 4.80 Å². The van der Waals surface area contributed by atoms with Crippen LogP contribution in [0.5, 0.6) is 0 Å². The van der Waals surface area contributed by atoms with Gasteiger partial charge in [-0.2, -0.15) is 0 Å². The fourth-order valence-corrected chi connectivity index (χ4v) is 1.50. The number of alkyl halides is 9.